The van der Waals surface area contributed by atoms with Gasteiger partial charge in [-0.05, 0) is 31.4 Å². The lowest BCUT2D eigenvalue weighted by Crippen LogP contribution is -2.36. The van der Waals surface area contributed by atoms with Crippen molar-refractivity contribution in [3.63, 3.8) is 0 Å². The fourth-order valence-corrected chi connectivity index (χ4v) is 1.95. The Labute approximate surface area is 98.1 Å². The first kappa shape index (κ1) is 13.2. The van der Waals surface area contributed by atoms with Gasteiger partial charge in [-0.2, -0.15) is 0 Å². The van der Waals surface area contributed by atoms with E-state index >= 15 is 0 Å². The quantitative estimate of drug-likeness (QED) is 0.822. The van der Waals surface area contributed by atoms with Gasteiger partial charge in [0.25, 0.3) is 0 Å². The number of benzene rings is 1. The largest absolute Gasteiger partial charge is 0.311 e. The average Bonchev–Trinajstić information content (AvgIpc) is 2.19. The van der Waals surface area contributed by atoms with E-state index in [2.05, 4.69) is 33.0 Å². The maximum absolute atomic E-state index is 13.7. The lowest BCUT2D eigenvalue weighted by atomic mass is 9.92. The summed E-state index contributed by atoms with van der Waals surface area (Å²) in [5.41, 5.74) is 1.92. The van der Waals surface area contributed by atoms with Crippen molar-refractivity contribution in [1.29, 1.82) is 0 Å². The minimum absolute atomic E-state index is 0.101. The number of aryl methyl sites for hydroxylation is 1. The summed E-state index contributed by atoms with van der Waals surface area (Å²) in [6, 6.07) is 6.01. The van der Waals surface area contributed by atoms with Crippen LogP contribution in [0.5, 0.6) is 0 Å². The zero-order valence-corrected chi connectivity index (χ0v) is 10.8. The van der Waals surface area contributed by atoms with Gasteiger partial charge >= 0.3 is 0 Å². The molecule has 0 saturated heterocycles. The number of rotatable bonds is 4. The fraction of sp³-hybridized carbons (Fsp3) is 0.571. The molecule has 0 bridgehead atoms. The van der Waals surface area contributed by atoms with E-state index in [1.54, 1.807) is 6.07 Å². The van der Waals surface area contributed by atoms with Crippen molar-refractivity contribution in [2.24, 2.45) is 0 Å². The van der Waals surface area contributed by atoms with Gasteiger partial charge in [0.2, 0.25) is 0 Å². The van der Waals surface area contributed by atoms with Gasteiger partial charge in [-0.25, -0.2) is 4.39 Å². The fourth-order valence-electron chi connectivity index (χ4n) is 1.95. The standard InChI is InChI=1S/C14H22FN/c1-9(2)16-12(5)11(4)13-8-10(3)6-7-14(13)15/h6-9,11-12,16H,1-5H3. The van der Waals surface area contributed by atoms with Gasteiger partial charge < -0.3 is 5.32 Å². The van der Waals surface area contributed by atoms with Gasteiger partial charge in [0.05, 0.1) is 0 Å². The Balaban J connectivity index is 2.86. The molecule has 2 unspecified atom stereocenters. The first-order valence-electron chi connectivity index (χ1n) is 5.94. The van der Waals surface area contributed by atoms with Crippen LogP contribution in [0, 0.1) is 12.7 Å². The van der Waals surface area contributed by atoms with Crippen molar-refractivity contribution in [1.82, 2.24) is 5.32 Å². The van der Waals surface area contributed by atoms with Gasteiger partial charge in [-0.15, -0.1) is 0 Å². The second kappa shape index (κ2) is 5.44. The van der Waals surface area contributed by atoms with E-state index in [1.807, 2.05) is 19.1 Å². The van der Waals surface area contributed by atoms with E-state index in [0.717, 1.165) is 11.1 Å². The first-order chi connectivity index (χ1) is 7.41. The second-order valence-electron chi connectivity index (χ2n) is 4.92. The first-order valence-corrected chi connectivity index (χ1v) is 5.94. The van der Waals surface area contributed by atoms with Crippen molar-refractivity contribution < 1.29 is 4.39 Å². The van der Waals surface area contributed by atoms with Crippen LogP contribution in [-0.2, 0) is 0 Å². The van der Waals surface area contributed by atoms with E-state index in [-0.39, 0.29) is 17.8 Å². The molecule has 0 saturated carbocycles. The Bertz CT molecular complexity index is 347. The summed E-state index contributed by atoms with van der Waals surface area (Å²) in [7, 11) is 0. The van der Waals surface area contributed by atoms with Crippen LogP contribution in [0.1, 0.15) is 44.7 Å². The monoisotopic (exact) mass is 223 g/mol. The highest BCUT2D eigenvalue weighted by molar-refractivity contribution is 5.27. The Hall–Kier alpha value is -0.890. The van der Waals surface area contributed by atoms with Crippen molar-refractivity contribution in [2.45, 2.75) is 52.6 Å². The minimum atomic E-state index is -0.101. The van der Waals surface area contributed by atoms with Crippen LogP contribution >= 0.6 is 0 Å². The number of nitrogens with one attached hydrogen (secondary N) is 1. The van der Waals surface area contributed by atoms with Crippen LogP contribution < -0.4 is 5.32 Å². The zero-order valence-electron chi connectivity index (χ0n) is 10.8. The highest BCUT2D eigenvalue weighted by Crippen LogP contribution is 2.23. The summed E-state index contributed by atoms with van der Waals surface area (Å²) < 4.78 is 13.7. The third-order valence-corrected chi connectivity index (χ3v) is 2.99. The molecule has 1 aromatic carbocycles. The molecule has 0 heterocycles. The van der Waals surface area contributed by atoms with Crippen LogP contribution in [0.15, 0.2) is 18.2 Å². The topological polar surface area (TPSA) is 12.0 Å². The Kier molecular flexibility index (Phi) is 4.48. The van der Waals surface area contributed by atoms with Crippen LogP contribution in [0.4, 0.5) is 4.39 Å². The third-order valence-electron chi connectivity index (χ3n) is 2.99. The van der Waals surface area contributed by atoms with Gasteiger partial charge in [-0.3, -0.25) is 0 Å². The van der Waals surface area contributed by atoms with Crippen LogP contribution in [0.3, 0.4) is 0 Å². The van der Waals surface area contributed by atoms with Crippen molar-refractivity contribution in [3.05, 3.63) is 35.1 Å². The Morgan fingerprint density at radius 3 is 2.31 bits per heavy atom. The molecule has 1 N–H and O–H groups in total. The normalized spacial score (nSPS) is 15.2. The van der Waals surface area contributed by atoms with E-state index in [9.17, 15) is 4.39 Å². The van der Waals surface area contributed by atoms with E-state index in [0.29, 0.717) is 6.04 Å². The molecule has 0 radical (unpaired) electrons. The summed E-state index contributed by atoms with van der Waals surface area (Å²) in [5, 5.41) is 3.42. The molecule has 0 aliphatic rings. The van der Waals surface area contributed by atoms with Gasteiger partial charge in [0.15, 0.2) is 0 Å². The molecule has 0 spiro atoms. The molecule has 0 aliphatic heterocycles. The lowest BCUT2D eigenvalue weighted by Gasteiger charge is -2.24. The lowest BCUT2D eigenvalue weighted by molar-refractivity contribution is 0.429. The number of hydrogen-bond acceptors (Lipinski definition) is 1. The summed E-state index contributed by atoms with van der Waals surface area (Å²) in [6.45, 7) is 10.4. The summed E-state index contributed by atoms with van der Waals surface area (Å²) >= 11 is 0. The van der Waals surface area contributed by atoms with E-state index in [4.69, 9.17) is 0 Å². The highest BCUT2D eigenvalue weighted by atomic mass is 19.1. The molecule has 0 fully saturated rings. The van der Waals surface area contributed by atoms with Crippen LogP contribution in [0.2, 0.25) is 0 Å². The van der Waals surface area contributed by atoms with Crippen molar-refractivity contribution in [2.75, 3.05) is 0 Å². The molecular formula is C14H22FN. The average molecular weight is 223 g/mol. The molecule has 0 amide bonds. The van der Waals surface area contributed by atoms with E-state index in [1.165, 1.54) is 0 Å². The molecule has 90 valence electrons. The molecule has 1 aromatic rings. The predicted molar refractivity (Wildman–Crippen MR) is 67.3 cm³/mol. The second-order valence-corrected chi connectivity index (χ2v) is 4.92. The molecule has 2 heteroatoms. The molecule has 0 aromatic heterocycles. The zero-order chi connectivity index (χ0) is 12.3. The van der Waals surface area contributed by atoms with Crippen LogP contribution in [-0.4, -0.2) is 12.1 Å². The Morgan fingerprint density at radius 2 is 1.75 bits per heavy atom. The summed E-state index contributed by atoms with van der Waals surface area (Å²) in [5.74, 6) is 0.0813. The number of halogens is 1. The minimum Gasteiger partial charge on any atom is -0.311 e. The maximum atomic E-state index is 13.7. The molecule has 1 nitrogen and oxygen atoms in total. The molecule has 2 atom stereocenters. The smallest absolute Gasteiger partial charge is 0.126 e. The van der Waals surface area contributed by atoms with Crippen molar-refractivity contribution >= 4 is 0 Å². The van der Waals surface area contributed by atoms with E-state index < -0.39 is 0 Å². The van der Waals surface area contributed by atoms with Gasteiger partial charge in [0, 0.05) is 12.1 Å². The summed E-state index contributed by atoms with van der Waals surface area (Å²) in [6.07, 6.45) is 0. The Morgan fingerprint density at radius 1 is 1.12 bits per heavy atom. The third kappa shape index (κ3) is 3.31. The molecular weight excluding hydrogens is 201 g/mol. The number of hydrogen-bond donors (Lipinski definition) is 1. The highest BCUT2D eigenvalue weighted by Gasteiger charge is 2.18. The summed E-state index contributed by atoms with van der Waals surface area (Å²) in [4.78, 5) is 0. The molecule has 1 rings (SSSR count). The van der Waals surface area contributed by atoms with Gasteiger partial charge in [0.1, 0.15) is 5.82 Å². The molecule has 16 heavy (non-hydrogen) atoms. The predicted octanol–water partition coefficient (Wildman–Crippen LogP) is 3.62. The molecule has 0 aliphatic carbocycles. The van der Waals surface area contributed by atoms with Crippen LogP contribution in [0.25, 0.3) is 0 Å². The van der Waals surface area contributed by atoms with Crippen molar-refractivity contribution in [3.8, 4) is 0 Å². The maximum Gasteiger partial charge on any atom is 0.126 e. The van der Waals surface area contributed by atoms with Gasteiger partial charge in [-0.1, -0.05) is 38.5 Å². The SMILES string of the molecule is Cc1ccc(F)c(C(C)C(C)NC(C)C)c1.